The number of hydrogen-bond donors (Lipinski definition) is 1. The molecule has 0 bridgehead atoms. The van der Waals surface area contributed by atoms with Crippen molar-refractivity contribution >= 4 is 22.6 Å². The van der Waals surface area contributed by atoms with Crippen LogP contribution in [0.25, 0.3) is 0 Å². The highest BCUT2D eigenvalue weighted by Gasteiger charge is 2.40. The van der Waals surface area contributed by atoms with E-state index in [0.29, 0.717) is 12.5 Å². The highest BCUT2D eigenvalue weighted by molar-refractivity contribution is 14.1. The van der Waals surface area contributed by atoms with Crippen molar-refractivity contribution < 1.29 is 4.74 Å². The summed E-state index contributed by atoms with van der Waals surface area (Å²) in [5.74, 6) is 1.99. The summed E-state index contributed by atoms with van der Waals surface area (Å²) < 4.78 is 6.88. The molecule has 21 heavy (non-hydrogen) atoms. The van der Waals surface area contributed by atoms with Gasteiger partial charge >= 0.3 is 0 Å². The van der Waals surface area contributed by atoms with Gasteiger partial charge in [0.1, 0.15) is 11.4 Å². The second-order valence-electron chi connectivity index (χ2n) is 6.50. The number of ether oxygens (including phenoxy) is 1. The first-order valence-corrected chi connectivity index (χ1v) is 9.08. The molecule has 1 aromatic heterocycles. The molecule has 116 valence electrons. The van der Waals surface area contributed by atoms with E-state index in [-0.39, 0.29) is 11.2 Å². The second kappa shape index (κ2) is 5.99. The standard InChI is InChI=1S/C16H23IN2O2/c1-3-21-16(8-6-10(2)7-9-16)15-18-13(11-4-5-11)12(17)14(20)19-15/h10-11H,3-9H2,1-2H3,(H,18,19,20). The van der Waals surface area contributed by atoms with Gasteiger partial charge in [0.2, 0.25) is 0 Å². The van der Waals surface area contributed by atoms with Crippen LogP contribution in [0.4, 0.5) is 0 Å². The van der Waals surface area contributed by atoms with Crippen molar-refractivity contribution in [2.24, 2.45) is 5.92 Å². The predicted octanol–water partition coefficient (Wildman–Crippen LogP) is 3.69. The average molecular weight is 402 g/mol. The van der Waals surface area contributed by atoms with Crippen molar-refractivity contribution in [3.8, 4) is 0 Å². The summed E-state index contributed by atoms with van der Waals surface area (Å²) in [5, 5.41) is 0. The lowest BCUT2D eigenvalue weighted by Gasteiger charge is -2.38. The van der Waals surface area contributed by atoms with Gasteiger partial charge < -0.3 is 9.72 Å². The first kappa shape index (κ1) is 15.5. The molecular formula is C16H23IN2O2. The minimum atomic E-state index is -0.381. The van der Waals surface area contributed by atoms with E-state index >= 15 is 0 Å². The minimum absolute atomic E-state index is 0.000185. The number of rotatable bonds is 4. The Labute approximate surface area is 139 Å². The van der Waals surface area contributed by atoms with Gasteiger partial charge in [-0.25, -0.2) is 4.98 Å². The molecule has 0 unspecified atom stereocenters. The number of H-pyrrole nitrogens is 1. The molecule has 2 aliphatic rings. The van der Waals surface area contributed by atoms with E-state index in [0.717, 1.165) is 59.5 Å². The Balaban J connectivity index is 2.01. The van der Waals surface area contributed by atoms with Gasteiger partial charge in [0.25, 0.3) is 5.56 Å². The Hall–Kier alpha value is -0.430. The molecule has 2 fully saturated rings. The third-order valence-corrected chi connectivity index (χ3v) is 5.83. The molecule has 0 amide bonds. The number of aromatic amines is 1. The lowest BCUT2D eigenvalue weighted by atomic mass is 9.78. The SMILES string of the molecule is CCOC1(c2nc(C3CC3)c(I)c(=O)[nH]2)CCC(C)CC1. The van der Waals surface area contributed by atoms with Crippen LogP contribution in [-0.4, -0.2) is 16.6 Å². The van der Waals surface area contributed by atoms with Crippen molar-refractivity contribution in [3.63, 3.8) is 0 Å². The molecule has 3 rings (SSSR count). The van der Waals surface area contributed by atoms with Gasteiger partial charge in [-0.3, -0.25) is 4.79 Å². The van der Waals surface area contributed by atoms with Gasteiger partial charge in [-0.1, -0.05) is 6.92 Å². The topological polar surface area (TPSA) is 55.0 Å². The Morgan fingerprint density at radius 1 is 1.33 bits per heavy atom. The second-order valence-corrected chi connectivity index (χ2v) is 7.58. The molecule has 0 aliphatic heterocycles. The Morgan fingerprint density at radius 3 is 2.57 bits per heavy atom. The number of hydrogen-bond acceptors (Lipinski definition) is 3. The van der Waals surface area contributed by atoms with E-state index in [2.05, 4.69) is 34.5 Å². The van der Waals surface area contributed by atoms with Gasteiger partial charge in [-0.2, -0.15) is 0 Å². The monoisotopic (exact) mass is 402 g/mol. The smallest absolute Gasteiger partial charge is 0.264 e. The van der Waals surface area contributed by atoms with Gasteiger partial charge in [-0.05, 0) is 74.0 Å². The summed E-state index contributed by atoms with van der Waals surface area (Å²) in [6.07, 6.45) is 6.49. The summed E-state index contributed by atoms with van der Waals surface area (Å²) in [6, 6.07) is 0. The van der Waals surface area contributed by atoms with Crippen LogP contribution in [0.3, 0.4) is 0 Å². The van der Waals surface area contributed by atoms with Gasteiger partial charge in [0.15, 0.2) is 0 Å². The van der Waals surface area contributed by atoms with Crippen LogP contribution in [0.15, 0.2) is 4.79 Å². The van der Waals surface area contributed by atoms with Crippen molar-refractivity contribution in [1.29, 1.82) is 0 Å². The largest absolute Gasteiger partial charge is 0.367 e. The zero-order valence-electron chi connectivity index (χ0n) is 12.7. The van der Waals surface area contributed by atoms with Gasteiger partial charge in [0.05, 0.1) is 9.26 Å². The molecule has 0 radical (unpaired) electrons. The Kier molecular flexibility index (Phi) is 4.41. The van der Waals surface area contributed by atoms with Crippen LogP contribution in [-0.2, 0) is 10.3 Å². The summed E-state index contributed by atoms with van der Waals surface area (Å²) in [7, 11) is 0. The summed E-state index contributed by atoms with van der Waals surface area (Å²) in [4.78, 5) is 20.1. The number of halogens is 1. The fraction of sp³-hybridized carbons (Fsp3) is 0.750. The quantitative estimate of drug-likeness (QED) is 0.782. The Morgan fingerprint density at radius 2 is 2.00 bits per heavy atom. The van der Waals surface area contributed by atoms with E-state index in [9.17, 15) is 4.79 Å². The fourth-order valence-electron chi connectivity index (χ4n) is 3.27. The van der Waals surface area contributed by atoms with Crippen LogP contribution in [0.5, 0.6) is 0 Å². The maximum absolute atomic E-state index is 12.3. The third kappa shape index (κ3) is 3.04. The van der Waals surface area contributed by atoms with Crippen LogP contribution >= 0.6 is 22.6 Å². The van der Waals surface area contributed by atoms with E-state index in [1.165, 1.54) is 0 Å². The van der Waals surface area contributed by atoms with Crippen molar-refractivity contribution in [2.75, 3.05) is 6.61 Å². The molecule has 0 atom stereocenters. The first-order chi connectivity index (χ1) is 10.1. The third-order valence-electron chi connectivity index (χ3n) is 4.79. The summed E-state index contributed by atoms with van der Waals surface area (Å²) in [5.41, 5.74) is 0.612. The molecular weight excluding hydrogens is 379 g/mol. The molecule has 0 saturated heterocycles. The van der Waals surface area contributed by atoms with E-state index in [1.54, 1.807) is 0 Å². The molecule has 1 aromatic rings. The predicted molar refractivity (Wildman–Crippen MR) is 90.5 cm³/mol. The molecule has 5 heteroatoms. The van der Waals surface area contributed by atoms with Crippen LogP contribution in [0.2, 0.25) is 0 Å². The summed E-state index contributed by atoms with van der Waals surface area (Å²) in [6.45, 7) is 4.96. The zero-order chi connectivity index (χ0) is 15.0. The first-order valence-electron chi connectivity index (χ1n) is 8.00. The lowest BCUT2D eigenvalue weighted by molar-refractivity contribution is -0.0840. The average Bonchev–Trinajstić information content (AvgIpc) is 3.29. The zero-order valence-corrected chi connectivity index (χ0v) is 14.9. The van der Waals surface area contributed by atoms with E-state index in [1.807, 2.05) is 6.92 Å². The number of aromatic nitrogens is 2. The normalized spacial score (nSPS) is 29.6. The fourth-order valence-corrected chi connectivity index (χ4v) is 3.97. The van der Waals surface area contributed by atoms with Crippen LogP contribution in [0, 0.1) is 9.49 Å². The molecule has 0 spiro atoms. The number of nitrogens with one attached hydrogen (secondary N) is 1. The maximum atomic E-state index is 12.3. The van der Waals surface area contributed by atoms with Gasteiger partial charge in [0, 0.05) is 12.5 Å². The molecule has 4 nitrogen and oxygen atoms in total. The lowest BCUT2D eigenvalue weighted by Crippen LogP contribution is -2.38. The highest BCUT2D eigenvalue weighted by Crippen LogP contribution is 2.43. The van der Waals surface area contributed by atoms with Crippen molar-refractivity contribution in [2.45, 2.75) is 63.9 Å². The maximum Gasteiger partial charge on any atom is 0.264 e. The van der Waals surface area contributed by atoms with Crippen molar-refractivity contribution in [3.05, 3.63) is 25.4 Å². The summed E-state index contributed by atoms with van der Waals surface area (Å²) >= 11 is 2.13. The van der Waals surface area contributed by atoms with Gasteiger partial charge in [-0.15, -0.1) is 0 Å². The molecule has 0 aromatic carbocycles. The molecule has 1 heterocycles. The van der Waals surface area contributed by atoms with Crippen molar-refractivity contribution in [1.82, 2.24) is 9.97 Å². The Bertz CT molecular complexity index is 572. The van der Waals surface area contributed by atoms with Crippen LogP contribution < -0.4 is 5.56 Å². The van der Waals surface area contributed by atoms with Crippen LogP contribution in [0.1, 0.15) is 69.8 Å². The van der Waals surface area contributed by atoms with E-state index < -0.39 is 0 Å². The highest BCUT2D eigenvalue weighted by atomic mass is 127. The van der Waals surface area contributed by atoms with E-state index in [4.69, 9.17) is 9.72 Å². The molecule has 2 saturated carbocycles. The number of nitrogens with zero attached hydrogens (tertiary/aromatic N) is 1. The minimum Gasteiger partial charge on any atom is -0.367 e. The molecule has 2 aliphatic carbocycles. The molecule has 1 N–H and O–H groups in total.